The Morgan fingerprint density at radius 1 is 1.05 bits per heavy atom. The summed E-state index contributed by atoms with van der Waals surface area (Å²) in [5, 5.41) is 9.16. The third-order valence-corrected chi connectivity index (χ3v) is 8.12. The molecule has 0 unspecified atom stereocenters. The van der Waals surface area contributed by atoms with Crippen LogP contribution in [0.25, 0.3) is 11.1 Å². The molecule has 1 atom stereocenters. The molecule has 3 N–H and O–H groups in total. The lowest BCUT2D eigenvalue weighted by atomic mass is 9.95. The molecule has 4 rings (SSSR count). The number of aryl methyl sites for hydroxylation is 2. The minimum atomic E-state index is -0.561. The van der Waals surface area contributed by atoms with Crippen LogP contribution in [0.4, 0.5) is 10.8 Å². The zero-order chi connectivity index (χ0) is 32.0. The van der Waals surface area contributed by atoms with Crippen LogP contribution in [0.15, 0.2) is 29.1 Å². The second-order valence-electron chi connectivity index (χ2n) is 10.1. The van der Waals surface area contributed by atoms with Gasteiger partial charge in [0, 0.05) is 30.3 Å². The first-order valence-electron chi connectivity index (χ1n) is 14.0. The van der Waals surface area contributed by atoms with Crippen molar-refractivity contribution in [1.82, 2.24) is 10.3 Å². The van der Waals surface area contributed by atoms with Crippen molar-refractivity contribution < 1.29 is 33.3 Å². The summed E-state index contributed by atoms with van der Waals surface area (Å²) in [6.07, 6.45) is 1.75. The lowest BCUT2D eigenvalue weighted by Crippen LogP contribution is -2.26. The summed E-state index contributed by atoms with van der Waals surface area (Å²) in [7, 11) is 5.91. The fourth-order valence-corrected chi connectivity index (χ4v) is 6.06. The van der Waals surface area contributed by atoms with E-state index in [0.717, 1.165) is 16.7 Å². The molecule has 1 aliphatic carbocycles. The zero-order valence-corrected chi connectivity index (χ0v) is 26.4. The van der Waals surface area contributed by atoms with Crippen LogP contribution in [0.5, 0.6) is 17.2 Å². The molecule has 13 heteroatoms. The molecule has 0 bridgehead atoms. The fourth-order valence-electron chi connectivity index (χ4n) is 5.24. The van der Waals surface area contributed by atoms with Gasteiger partial charge in [-0.25, -0.2) is 9.78 Å². The highest BCUT2D eigenvalue weighted by molar-refractivity contribution is 7.16. The first-order valence-corrected chi connectivity index (χ1v) is 14.8. The van der Waals surface area contributed by atoms with Crippen LogP contribution >= 0.6 is 11.3 Å². The summed E-state index contributed by atoms with van der Waals surface area (Å²) in [5.41, 5.74) is 3.34. The van der Waals surface area contributed by atoms with Gasteiger partial charge in [-0.3, -0.25) is 14.4 Å². The highest BCUT2D eigenvalue weighted by atomic mass is 32.1. The lowest BCUT2D eigenvalue weighted by molar-refractivity contribution is -0.119. The van der Waals surface area contributed by atoms with Crippen molar-refractivity contribution in [2.45, 2.75) is 45.6 Å². The van der Waals surface area contributed by atoms with E-state index in [-0.39, 0.29) is 29.4 Å². The number of amides is 2. The monoisotopic (exact) mass is 624 g/mol. The van der Waals surface area contributed by atoms with E-state index in [1.165, 1.54) is 32.5 Å². The standard InChI is InChI=1S/C31H36N4O8S/c1-16-27(30(39)43-6)35-31(44-16)34-25(38)8-7-13-32-22-12-10-19-20(15-23(22)37)21(33-17(2)36)11-9-18-14-24(40-3)28(41-4)29(42-5)26(18)19/h10,12,14-15,21H,7-9,11,13H2,1-6H3,(H,32,37)(H,33,36)(H,34,35,38)/t21-/m0/s1. The third-order valence-electron chi connectivity index (χ3n) is 7.23. The molecule has 1 aromatic heterocycles. The van der Waals surface area contributed by atoms with E-state index in [1.807, 2.05) is 12.1 Å². The molecule has 0 aliphatic heterocycles. The fraction of sp³-hybridized carbons (Fsp3) is 0.387. The number of rotatable bonds is 11. The van der Waals surface area contributed by atoms with Crippen molar-refractivity contribution in [1.29, 1.82) is 0 Å². The van der Waals surface area contributed by atoms with E-state index in [0.29, 0.717) is 64.3 Å². The molecule has 0 fully saturated rings. The topological polar surface area (TPSA) is 154 Å². The Labute approximate surface area is 259 Å². The van der Waals surface area contributed by atoms with Gasteiger partial charge < -0.3 is 34.9 Å². The zero-order valence-electron chi connectivity index (χ0n) is 25.5. The molecule has 0 radical (unpaired) electrons. The number of thiazole rings is 1. The average molecular weight is 625 g/mol. The lowest BCUT2D eigenvalue weighted by Gasteiger charge is -2.19. The maximum atomic E-state index is 13.4. The maximum absolute atomic E-state index is 13.4. The quantitative estimate of drug-likeness (QED) is 0.208. The molecule has 1 heterocycles. The Hall–Kier alpha value is -4.65. The first-order chi connectivity index (χ1) is 21.1. The second kappa shape index (κ2) is 14.2. The molecule has 2 aromatic carbocycles. The smallest absolute Gasteiger partial charge is 0.357 e. The first kappa shape index (κ1) is 32.3. The number of hydrogen-bond donors (Lipinski definition) is 3. The van der Waals surface area contributed by atoms with Crippen LogP contribution < -0.4 is 35.6 Å². The van der Waals surface area contributed by atoms with Crippen LogP contribution in [-0.2, 0) is 20.7 Å². The number of hydrogen-bond acceptors (Lipinski definition) is 11. The van der Waals surface area contributed by atoms with Crippen LogP contribution in [0.3, 0.4) is 0 Å². The Kier molecular flexibility index (Phi) is 10.4. The van der Waals surface area contributed by atoms with Gasteiger partial charge in [0.2, 0.25) is 23.0 Å². The van der Waals surface area contributed by atoms with E-state index in [2.05, 4.69) is 20.9 Å². The predicted molar refractivity (Wildman–Crippen MR) is 167 cm³/mol. The van der Waals surface area contributed by atoms with Gasteiger partial charge >= 0.3 is 5.97 Å². The van der Waals surface area contributed by atoms with Crippen molar-refractivity contribution in [2.75, 3.05) is 45.6 Å². The second-order valence-corrected chi connectivity index (χ2v) is 11.3. The van der Waals surface area contributed by atoms with E-state index < -0.39 is 12.0 Å². The molecule has 0 saturated heterocycles. The van der Waals surface area contributed by atoms with Gasteiger partial charge in [-0.1, -0.05) is 6.07 Å². The number of nitrogens with one attached hydrogen (secondary N) is 3. The third kappa shape index (κ3) is 6.94. The predicted octanol–water partition coefficient (Wildman–Crippen LogP) is 4.25. The average Bonchev–Trinajstić information content (AvgIpc) is 3.20. The van der Waals surface area contributed by atoms with Gasteiger partial charge in [0.25, 0.3) is 0 Å². The summed E-state index contributed by atoms with van der Waals surface area (Å²) in [6.45, 7) is 3.52. The maximum Gasteiger partial charge on any atom is 0.357 e. The minimum Gasteiger partial charge on any atom is -0.493 e. The van der Waals surface area contributed by atoms with Crippen LogP contribution in [0, 0.1) is 6.92 Å². The van der Waals surface area contributed by atoms with E-state index >= 15 is 0 Å². The highest BCUT2D eigenvalue weighted by Gasteiger charge is 2.29. The van der Waals surface area contributed by atoms with E-state index in [1.54, 1.807) is 33.3 Å². The molecule has 44 heavy (non-hydrogen) atoms. The molecule has 2 amide bonds. The number of ether oxygens (including phenoxy) is 4. The van der Waals surface area contributed by atoms with Gasteiger partial charge in [-0.15, -0.1) is 11.3 Å². The Balaban J connectivity index is 1.58. The molecule has 0 spiro atoms. The van der Waals surface area contributed by atoms with Gasteiger partial charge in [0.05, 0.1) is 40.2 Å². The number of benzene rings is 1. The van der Waals surface area contributed by atoms with Crippen LogP contribution in [0.1, 0.15) is 58.7 Å². The molecule has 1 aliphatic rings. The molecule has 0 saturated carbocycles. The Bertz CT molecular complexity index is 1640. The summed E-state index contributed by atoms with van der Waals surface area (Å²) in [4.78, 5) is 54.6. The molecule has 12 nitrogen and oxygen atoms in total. The number of carbonyl (C=O) groups is 3. The molecule has 234 valence electrons. The summed E-state index contributed by atoms with van der Waals surface area (Å²) >= 11 is 1.19. The number of methoxy groups -OCH3 is 4. The number of anilines is 2. The van der Waals surface area contributed by atoms with Crippen molar-refractivity contribution in [3.63, 3.8) is 0 Å². The van der Waals surface area contributed by atoms with Crippen LogP contribution in [-0.4, -0.2) is 57.8 Å². The Morgan fingerprint density at radius 3 is 2.45 bits per heavy atom. The van der Waals surface area contributed by atoms with E-state index in [9.17, 15) is 19.2 Å². The summed E-state index contributed by atoms with van der Waals surface area (Å²) < 4.78 is 21.7. The SMILES string of the molecule is COC(=O)c1nc(NC(=O)CCCNc2ccc3c(cc2=O)[C@@H](NC(C)=O)CCc2cc(OC)c(OC)c(OC)c2-3)sc1C. The van der Waals surface area contributed by atoms with Crippen LogP contribution in [0.2, 0.25) is 0 Å². The van der Waals surface area contributed by atoms with Crippen molar-refractivity contribution in [3.05, 3.63) is 56.2 Å². The molecular weight excluding hydrogens is 588 g/mol. The number of carbonyl (C=O) groups excluding carboxylic acids is 3. The number of aromatic nitrogens is 1. The van der Waals surface area contributed by atoms with Gasteiger partial charge in [-0.05, 0) is 61.1 Å². The van der Waals surface area contributed by atoms with Gasteiger partial charge in [0.1, 0.15) is 0 Å². The van der Waals surface area contributed by atoms with Crippen molar-refractivity contribution in [2.24, 2.45) is 0 Å². The number of esters is 1. The minimum absolute atomic E-state index is 0.166. The van der Waals surface area contributed by atoms with E-state index in [4.69, 9.17) is 18.9 Å². The summed E-state index contributed by atoms with van der Waals surface area (Å²) in [6, 6.07) is 6.56. The van der Waals surface area contributed by atoms with Crippen molar-refractivity contribution in [3.8, 4) is 28.4 Å². The van der Waals surface area contributed by atoms with Crippen molar-refractivity contribution >= 4 is 39.9 Å². The Morgan fingerprint density at radius 2 is 1.80 bits per heavy atom. The van der Waals surface area contributed by atoms with Gasteiger partial charge in [0.15, 0.2) is 22.3 Å². The largest absolute Gasteiger partial charge is 0.493 e. The normalized spacial score (nSPS) is 13.5. The number of fused-ring (bicyclic) bond motifs is 3. The molecular formula is C31H36N4O8S. The number of nitrogens with zero attached hydrogens (tertiary/aromatic N) is 1. The molecule has 3 aromatic rings. The van der Waals surface area contributed by atoms with Gasteiger partial charge in [-0.2, -0.15) is 0 Å². The highest BCUT2D eigenvalue weighted by Crippen LogP contribution is 2.50. The summed E-state index contributed by atoms with van der Waals surface area (Å²) in [5.74, 6) is 0.384.